The Morgan fingerprint density at radius 3 is 2.47 bits per heavy atom. The van der Waals surface area contributed by atoms with Crippen LogP contribution in [0.15, 0.2) is 24.3 Å². The molecule has 0 aliphatic heterocycles. The number of benzene rings is 1. The average molecular weight is 237 g/mol. The van der Waals surface area contributed by atoms with Crippen LogP contribution >= 0.6 is 0 Å². The van der Waals surface area contributed by atoms with Crippen LogP contribution in [-0.2, 0) is 16.1 Å². The molecule has 2 N–H and O–H groups in total. The summed E-state index contributed by atoms with van der Waals surface area (Å²) in [7, 11) is 1.71. The minimum Gasteiger partial charge on any atom is -0.385 e. The third kappa shape index (κ3) is 5.31. The lowest BCUT2D eigenvalue weighted by Gasteiger charge is -2.10. The molecule has 0 radical (unpaired) electrons. The molecule has 0 fully saturated rings. The Morgan fingerprint density at radius 1 is 1.18 bits per heavy atom. The van der Waals surface area contributed by atoms with Crippen molar-refractivity contribution in [2.75, 3.05) is 26.9 Å². The first kappa shape index (κ1) is 14.2. The van der Waals surface area contributed by atoms with Crippen LogP contribution in [0.2, 0.25) is 0 Å². The molecule has 96 valence electrons. The van der Waals surface area contributed by atoms with Crippen molar-refractivity contribution >= 4 is 0 Å². The first-order valence-corrected chi connectivity index (χ1v) is 6.13. The van der Waals surface area contributed by atoms with E-state index < -0.39 is 0 Å². The predicted octanol–water partition coefficient (Wildman–Crippen LogP) is 2.30. The molecule has 0 heterocycles. The molecule has 3 nitrogen and oxygen atoms in total. The van der Waals surface area contributed by atoms with Crippen molar-refractivity contribution in [1.29, 1.82) is 0 Å². The summed E-state index contributed by atoms with van der Waals surface area (Å²) in [4.78, 5) is 0. The Bertz CT molecular complexity index is 298. The van der Waals surface area contributed by atoms with Crippen molar-refractivity contribution in [2.45, 2.75) is 25.9 Å². The minimum absolute atomic E-state index is 0.423. The maximum Gasteiger partial charge on any atom is 0.0716 e. The van der Waals surface area contributed by atoms with E-state index in [1.165, 1.54) is 11.1 Å². The maximum atomic E-state index is 5.63. The third-order valence-corrected chi connectivity index (χ3v) is 2.81. The second-order valence-electron chi connectivity index (χ2n) is 4.28. The summed E-state index contributed by atoms with van der Waals surface area (Å²) in [6, 6.07) is 8.48. The molecule has 1 atom stereocenters. The molecule has 0 amide bonds. The van der Waals surface area contributed by atoms with Gasteiger partial charge in [-0.25, -0.2) is 0 Å². The zero-order valence-corrected chi connectivity index (χ0v) is 10.8. The van der Waals surface area contributed by atoms with Crippen LogP contribution in [-0.4, -0.2) is 26.9 Å². The van der Waals surface area contributed by atoms with Gasteiger partial charge in [0.05, 0.1) is 6.61 Å². The summed E-state index contributed by atoms with van der Waals surface area (Å²) in [5, 5.41) is 0. The lowest BCUT2D eigenvalue weighted by molar-refractivity contribution is 0.0928. The highest BCUT2D eigenvalue weighted by Crippen LogP contribution is 2.14. The number of hydrogen-bond donors (Lipinski definition) is 1. The normalized spacial score (nSPS) is 12.6. The van der Waals surface area contributed by atoms with Crippen LogP contribution in [0, 0.1) is 0 Å². The van der Waals surface area contributed by atoms with Crippen molar-refractivity contribution in [2.24, 2.45) is 5.73 Å². The molecule has 17 heavy (non-hydrogen) atoms. The summed E-state index contributed by atoms with van der Waals surface area (Å²) in [5.74, 6) is 0.423. The highest BCUT2D eigenvalue weighted by molar-refractivity contribution is 5.24. The number of ether oxygens (including phenoxy) is 2. The summed E-state index contributed by atoms with van der Waals surface area (Å²) in [6.45, 7) is 4.99. The van der Waals surface area contributed by atoms with Crippen molar-refractivity contribution in [3.63, 3.8) is 0 Å². The van der Waals surface area contributed by atoms with Gasteiger partial charge in [-0.05, 0) is 30.0 Å². The smallest absolute Gasteiger partial charge is 0.0716 e. The van der Waals surface area contributed by atoms with E-state index in [4.69, 9.17) is 15.2 Å². The second kappa shape index (κ2) is 8.23. The maximum absolute atomic E-state index is 5.63. The van der Waals surface area contributed by atoms with Crippen LogP contribution in [0.3, 0.4) is 0 Å². The quantitative estimate of drug-likeness (QED) is 0.706. The lowest BCUT2D eigenvalue weighted by Crippen LogP contribution is -2.08. The van der Waals surface area contributed by atoms with Crippen LogP contribution in [0.4, 0.5) is 0 Å². The van der Waals surface area contributed by atoms with Gasteiger partial charge in [-0.15, -0.1) is 0 Å². The summed E-state index contributed by atoms with van der Waals surface area (Å²) in [5.41, 5.74) is 8.12. The van der Waals surface area contributed by atoms with Gasteiger partial charge in [-0.3, -0.25) is 0 Å². The van der Waals surface area contributed by atoms with Gasteiger partial charge < -0.3 is 15.2 Å². The average Bonchev–Trinajstić information content (AvgIpc) is 2.38. The van der Waals surface area contributed by atoms with Crippen LogP contribution in [0.1, 0.15) is 30.4 Å². The molecule has 0 saturated carbocycles. The number of hydrogen-bond acceptors (Lipinski definition) is 3. The Balaban J connectivity index is 2.30. The summed E-state index contributed by atoms with van der Waals surface area (Å²) in [6.07, 6.45) is 0.943. The van der Waals surface area contributed by atoms with Crippen LogP contribution in [0.25, 0.3) is 0 Å². The third-order valence-electron chi connectivity index (χ3n) is 2.81. The summed E-state index contributed by atoms with van der Waals surface area (Å²) >= 11 is 0. The zero-order chi connectivity index (χ0) is 12.5. The van der Waals surface area contributed by atoms with E-state index in [-0.39, 0.29) is 0 Å². The lowest BCUT2D eigenvalue weighted by atomic mass is 10.0. The van der Waals surface area contributed by atoms with Crippen molar-refractivity contribution in [3.8, 4) is 0 Å². The Kier molecular flexibility index (Phi) is 6.86. The van der Waals surface area contributed by atoms with Gasteiger partial charge in [-0.1, -0.05) is 31.2 Å². The first-order chi connectivity index (χ1) is 8.27. The molecule has 3 heteroatoms. The molecule has 0 aliphatic carbocycles. The molecule has 0 bridgehead atoms. The fourth-order valence-corrected chi connectivity index (χ4v) is 1.57. The standard InChI is InChI=1S/C14H23NO2/c1-12(10-15)14-6-4-13(5-7-14)11-17-9-3-8-16-2/h4-7,12H,3,8-11,15H2,1-2H3. The Hall–Kier alpha value is -0.900. The van der Waals surface area contributed by atoms with Gasteiger partial charge in [0.25, 0.3) is 0 Å². The molecular formula is C14H23NO2. The van der Waals surface area contributed by atoms with E-state index in [9.17, 15) is 0 Å². The predicted molar refractivity (Wildman–Crippen MR) is 70.1 cm³/mol. The van der Waals surface area contributed by atoms with Gasteiger partial charge in [0.1, 0.15) is 0 Å². The number of nitrogens with two attached hydrogens (primary N) is 1. The molecule has 1 aromatic carbocycles. The molecule has 1 unspecified atom stereocenters. The highest BCUT2D eigenvalue weighted by Gasteiger charge is 2.02. The molecule has 0 spiro atoms. The van der Waals surface area contributed by atoms with Gasteiger partial charge in [0.2, 0.25) is 0 Å². The fraction of sp³-hybridized carbons (Fsp3) is 0.571. The van der Waals surface area contributed by atoms with Crippen LogP contribution in [0.5, 0.6) is 0 Å². The van der Waals surface area contributed by atoms with Gasteiger partial charge in [0.15, 0.2) is 0 Å². The van der Waals surface area contributed by atoms with E-state index >= 15 is 0 Å². The highest BCUT2D eigenvalue weighted by atomic mass is 16.5. The monoisotopic (exact) mass is 237 g/mol. The minimum atomic E-state index is 0.423. The van der Waals surface area contributed by atoms with E-state index in [0.29, 0.717) is 19.1 Å². The van der Waals surface area contributed by atoms with Crippen molar-refractivity contribution < 1.29 is 9.47 Å². The Labute approximate surface area is 104 Å². The Morgan fingerprint density at radius 2 is 1.88 bits per heavy atom. The van der Waals surface area contributed by atoms with Gasteiger partial charge in [0, 0.05) is 20.3 Å². The molecule has 1 aromatic rings. The SMILES string of the molecule is COCCCOCc1ccc(C(C)CN)cc1. The van der Waals surface area contributed by atoms with E-state index in [1.54, 1.807) is 7.11 Å². The number of methoxy groups -OCH3 is 1. The molecule has 0 aromatic heterocycles. The number of rotatable bonds is 8. The van der Waals surface area contributed by atoms with Gasteiger partial charge in [-0.2, -0.15) is 0 Å². The van der Waals surface area contributed by atoms with Crippen LogP contribution < -0.4 is 5.73 Å². The molecular weight excluding hydrogens is 214 g/mol. The summed E-state index contributed by atoms with van der Waals surface area (Å²) < 4.78 is 10.5. The molecule has 0 aliphatic rings. The largest absolute Gasteiger partial charge is 0.385 e. The first-order valence-electron chi connectivity index (χ1n) is 6.13. The zero-order valence-electron chi connectivity index (χ0n) is 10.8. The second-order valence-corrected chi connectivity index (χ2v) is 4.28. The van der Waals surface area contributed by atoms with E-state index in [1.807, 2.05) is 0 Å². The van der Waals surface area contributed by atoms with E-state index in [0.717, 1.165) is 19.6 Å². The van der Waals surface area contributed by atoms with Crippen molar-refractivity contribution in [1.82, 2.24) is 0 Å². The molecule has 1 rings (SSSR count). The molecule has 0 saturated heterocycles. The van der Waals surface area contributed by atoms with E-state index in [2.05, 4.69) is 31.2 Å². The van der Waals surface area contributed by atoms with Gasteiger partial charge >= 0.3 is 0 Å². The fourth-order valence-electron chi connectivity index (χ4n) is 1.57. The topological polar surface area (TPSA) is 44.5 Å². The van der Waals surface area contributed by atoms with Crippen molar-refractivity contribution in [3.05, 3.63) is 35.4 Å².